The van der Waals surface area contributed by atoms with Crippen LogP contribution >= 0.6 is 0 Å². The van der Waals surface area contributed by atoms with Gasteiger partial charge in [-0.1, -0.05) is 13.8 Å². The van der Waals surface area contributed by atoms with Gasteiger partial charge < -0.3 is 33.6 Å². The van der Waals surface area contributed by atoms with Gasteiger partial charge in [-0.15, -0.1) is 6.10 Å². The van der Waals surface area contributed by atoms with Crippen molar-refractivity contribution >= 4 is 0 Å². The minimum Gasteiger partial charge on any atom is -1.00 e. The molecule has 0 rings (SSSR count). The number of hydrogen-bond acceptors (Lipinski definition) is 1. The van der Waals surface area contributed by atoms with Crippen molar-refractivity contribution in [2.45, 2.75) is 20.0 Å². The monoisotopic (exact) mass is 202 g/mol. The van der Waals surface area contributed by atoms with Crippen LogP contribution in [0.3, 0.4) is 0 Å². The van der Waals surface area contributed by atoms with Crippen LogP contribution in [0.1, 0.15) is 13.8 Å². The molecular formula is C5H19BrN2O. The van der Waals surface area contributed by atoms with E-state index in [1.165, 1.54) is 0 Å². The van der Waals surface area contributed by atoms with E-state index >= 15 is 0 Å². The summed E-state index contributed by atoms with van der Waals surface area (Å²) in [6.07, 6.45) is -0.417. The Morgan fingerprint density at radius 3 is 1.00 bits per heavy atom. The molecular weight excluding hydrogens is 184 g/mol. The van der Waals surface area contributed by atoms with Gasteiger partial charge in [0.25, 0.3) is 0 Å². The van der Waals surface area contributed by atoms with Crippen LogP contribution in [0.2, 0.25) is 0 Å². The molecule has 0 spiro atoms. The molecule has 0 saturated carbocycles. The fraction of sp³-hybridized carbons (Fsp3) is 1.00. The SMILES string of the molecule is CC(C)[O-].C[NH3+].C[NH3+].[Br-]. The van der Waals surface area contributed by atoms with E-state index in [-0.39, 0.29) is 17.0 Å². The molecule has 6 N–H and O–H groups in total. The lowest BCUT2D eigenvalue weighted by atomic mass is 10.5. The summed E-state index contributed by atoms with van der Waals surface area (Å²) in [4.78, 5) is 0. The predicted molar refractivity (Wildman–Crippen MR) is 32.8 cm³/mol. The van der Waals surface area contributed by atoms with Crippen molar-refractivity contribution in [3.63, 3.8) is 0 Å². The Balaban J connectivity index is -0.0000000221. The molecule has 0 unspecified atom stereocenters. The number of halogens is 1. The van der Waals surface area contributed by atoms with Crippen molar-refractivity contribution < 1.29 is 33.6 Å². The average molecular weight is 203 g/mol. The van der Waals surface area contributed by atoms with Gasteiger partial charge in [-0.25, -0.2) is 0 Å². The Morgan fingerprint density at radius 1 is 1.00 bits per heavy atom. The van der Waals surface area contributed by atoms with Gasteiger partial charge in [0.05, 0.1) is 14.1 Å². The summed E-state index contributed by atoms with van der Waals surface area (Å²) in [6.45, 7) is 3.22. The van der Waals surface area contributed by atoms with Crippen LogP contribution in [0, 0.1) is 0 Å². The van der Waals surface area contributed by atoms with Gasteiger partial charge in [0, 0.05) is 0 Å². The maximum atomic E-state index is 9.53. The second kappa shape index (κ2) is 40.1. The van der Waals surface area contributed by atoms with E-state index in [9.17, 15) is 5.11 Å². The number of hydrogen-bond donors (Lipinski definition) is 2. The quantitative estimate of drug-likeness (QED) is 0.404. The Kier molecular flexibility index (Phi) is 101. The topological polar surface area (TPSA) is 78.3 Å². The zero-order valence-electron chi connectivity index (χ0n) is 6.78. The Bertz CT molecular complexity index is 19.7. The molecule has 0 amide bonds. The summed E-state index contributed by atoms with van der Waals surface area (Å²) in [7, 11) is 3.50. The van der Waals surface area contributed by atoms with Crippen LogP contribution in [-0.4, -0.2) is 20.2 Å². The summed E-state index contributed by atoms with van der Waals surface area (Å²) in [5.41, 5.74) is 6.50. The second-order valence-corrected chi connectivity index (χ2v) is 1.05. The zero-order valence-corrected chi connectivity index (χ0v) is 8.36. The molecule has 0 fully saturated rings. The highest BCUT2D eigenvalue weighted by Crippen LogP contribution is 1.57. The Labute approximate surface area is 68.2 Å². The fourth-order valence-corrected chi connectivity index (χ4v) is 0. The minimum absolute atomic E-state index is 0. The highest BCUT2D eigenvalue weighted by molar-refractivity contribution is 4.17. The van der Waals surface area contributed by atoms with E-state index < -0.39 is 6.10 Å². The van der Waals surface area contributed by atoms with E-state index in [0.717, 1.165) is 0 Å². The van der Waals surface area contributed by atoms with Crippen molar-refractivity contribution in [1.82, 2.24) is 0 Å². The minimum atomic E-state index is -0.417. The van der Waals surface area contributed by atoms with E-state index in [2.05, 4.69) is 11.5 Å². The molecule has 0 bridgehead atoms. The van der Waals surface area contributed by atoms with Crippen LogP contribution in [0.15, 0.2) is 0 Å². The molecule has 0 aromatic rings. The standard InChI is InChI=1S/C3H7O.2CH5N.BrH/c1-3(2)4;2*1-2;/h3H,1-2H3;2*2H2,1H3;1H/q-1;;;/p+1. The Morgan fingerprint density at radius 2 is 1.00 bits per heavy atom. The highest BCUT2D eigenvalue weighted by atomic mass is 79.9. The maximum absolute atomic E-state index is 9.53. The van der Waals surface area contributed by atoms with Crippen LogP contribution in [0.4, 0.5) is 0 Å². The van der Waals surface area contributed by atoms with Crippen molar-refractivity contribution in [2.24, 2.45) is 0 Å². The summed E-state index contributed by atoms with van der Waals surface area (Å²) < 4.78 is 0. The molecule has 0 radical (unpaired) electrons. The molecule has 0 aliphatic heterocycles. The van der Waals surface area contributed by atoms with Crippen LogP contribution in [0.5, 0.6) is 0 Å². The van der Waals surface area contributed by atoms with Gasteiger partial charge in [-0.3, -0.25) is 0 Å². The summed E-state index contributed by atoms with van der Waals surface area (Å²) in [5, 5.41) is 9.53. The zero-order chi connectivity index (χ0) is 7.58. The molecule has 4 heteroatoms. The van der Waals surface area contributed by atoms with Gasteiger partial charge in [-0.2, -0.15) is 0 Å². The van der Waals surface area contributed by atoms with Gasteiger partial charge >= 0.3 is 0 Å². The Hall–Kier alpha value is 0.360. The molecule has 62 valence electrons. The van der Waals surface area contributed by atoms with Crippen molar-refractivity contribution in [3.8, 4) is 0 Å². The van der Waals surface area contributed by atoms with Crippen molar-refractivity contribution in [3.05, 3.63) is 0 Å². The van der Waals surface area contributed by atoms with E-state index in [4.69, 9.17) is 0 Å². The molecule has 9 heavy (non-hydrogen) atoms. The molecule has 0 heterocycles. The van der Waals surface area contributed by atoms with Crippen molar-refractivity contribution in [2.75, 3.05) is 14.1 Å². The number of rotatable bonds is 0. The highest BCUT2D eigenvalue weighted by Gasteiger charge is 1.53. The third-order valence-electron chi connectivity index (χ3n) is 0. The first-order valence-corrected chi connectivity index (χ1v) is 2.80. The molecule has 0 saturated heterocycles. The lowest BCUT2D eigenvalue weighted by Gasteiger charge is -2.02. The number of quaternary nitrogens is 2. The smallest absolute Gasteiger partial charge is 0.0634 e. The van der Waals surface area contributed by atoms with Gasteiger partial charge in [0.2, 0.25) is 0 Å². The van der Waals surface area contributed by atoms with Crippen molar-refractivity contribution in [1.29, 1.82) is 0 Å². The first-order valence-electron chi connectivity index (χ1n) is 2.80. The van der Waals surface area contributed by atoms with Gasteiger partial charge in [0.15, 0.2) is 0 Å². The third kappa shape index (κ3) is 2610. The maximum Gasteiger partial charge on any atom is 0.0634 e. The van der Waals surface area contributed by atoms with Gasteiger partial charge in [-0.05, 0) is 0 Å². The van der Waals surface area contributed by atoms with Gasteiger partial charge in [0.1, 0.15) is 0 Å². The molecule has 3 nitrogen and oxygen atoms in total. The molecule has 0 aromatic carbocycles. The van der Waals surface area contributed by atoms with Crippen LogP contribution in [0.25, 0.3) is 0 Å². The summed E-state index contributed by atoms with van der Waals surface area (Å²) >= 11 is 0. The summed E-state index contributed by atoms with van der Waals surface area (Å²) in [5.74, 6) is 0. The van der Waals surface area contributed by atoms with Crippen LogP contribution in [-0.2, 0) is 0 Å². The second-order valence-electron chi connectivity index (χ2n) is 1.05. The molecule has 0 atom stereocenters. The van der Waals surface area contributed by atoms with E-state index in [0.29, 0.717) is 0 Å². The lowest BCUT2D eigenvalue weighted by Crippen LogP contribution is -3.00. The molecule has 0 aliphatic carbocycles. The predicted octanol–water partition coefficient (Wildman–Crippen LogP) is -5.52. The molecule has 0 aromatic heterocycles. The fourth-order valence-electron chi connectivity index (χ4n) is 0. The van der Waals surface area contributed by atoms with E-state index in [1.54, 1.807) is 27.9 Å². The first kappa shape index (κ1) is 22.8. The molecule has 0 aliphatic rings. The third-order valence-corrected chi connectivity index (χ3v) is 0. The lowest BCUT2D eigenvalue weighted by molar-refractivity contribution is -0.407. The van der Waals surface area contributed by atoms with E-state index in [1.807, 2.05) is 0 Å². The largest absolute Gasteiger partial charge is 1.00 e. The van der Waals surface area contributed by atoms with Crippen LogP contribution < -0.4 is 33.6 Å². The summed E-state index contributed by atoms with van der Waals surface area (Å²) in [6, 6.07) is 0. The average Bonchev–Trinajstić information content (AvgIpc) is 1.75. The normalized spacial score (nSPS) is 5.33. The first-order chi connectivity index (χ1) is 3.73.